The number of guanidine groups is 1. The molecular weight excluding hydrogens is 469 g/mol. The lowest BCUT2D eigenvalue weighted by molar-refractivity contribution is 0.355. The molecule has 3 N–H and O–H groups in total. The Labute approximate surface area is 181 Å². The van der Waals surface area contributed by atoms with Gasteiger partial charge in [-0.15, -0.1) is 24.0 Å². The van der Waals surface area contributed by atoms with Crippen molar-refractivity contribution in [1.82, 2.24) is 15.3 Å². The van der Waals surface area contributed by atoms with Crippen molar-refractivity contribution < 1.29 is 9.47 Å². The van der Waals surface area contributed by atoms with E-state index in [0.29, 0.717) is 24.0 Å². The number of halogens is 1. The Kier molecular flexibility index (Phi) is 8.12. The number of H-pyrrole nitrogens is 1. The van der Waals surface area contributed by atoms with Crippen molar-refractivity contribution in [3.8, 4) is 22.8 Å². The Bertz CT molecular complexity index is 912. The number of rotatable bonds is 6. The first-order chi connectivity index (χ1) is 13.2. The van der Waals surface area contributed by atoms with E-state index in [0.717, 1.165) is 22.8 Å². The molecule has 0 unspecified atom stereocenters. The van der Waals surface area contributed by atoms with Crippen LogP contribution in [0, 0.1) is 0 Å². The molecule has 0 saturated carbocycles. The zero-order chi connectivity index (χ0) is 19.1. The highest BCUT2D eigenvalue weighted by molar-refractivity contribution is 14.0. The Morgan fingerprint density at radius 1 is 1.07 bits per heavy atom. The van der Waals surface area contributed by atoms with Crippen LogP contribution in [-0.2, 0) is 6.54 Å². The first-order valence-electron chi connectivity index (χ1n) is 8.52. The average molecular weight is 493 g/mol. The van der Waals surface area contributed by atoms with E-state index in [9.17, 15) is 0 Å². The van der Waals surface area contributed by atoms with Crippen molar-refractivity contribution in [3.05, 3.63) is 60.6 Å². The Morgan fingerprint density at radius 3 is 2.50 bits per heavy atom. The number of methoxy groups -OCH3 is 2. The van der Waals surface area contributed by atoms with E-state index < -0.39 is 0 Å². The number of aromatic nitrogens is 2. The number of nitrogens with one attached hydrogen (secondary N) is 3. The second-order valence-electron chi connectivity index (χ2n) is 5.73. The van der Waals surface area contributed by atoms with E-state index >= 15 is 0 Å². The van der Waals surface area contributed by atoms with Crippen molar-refractivity contribution in [2.24, 2.45) is 4.99 Å². The van der Waals surface area contributed by atoms with Gasteiger partial charge in [-0.05, 0) is 17.7 Å². The highest BCUT2D eigenvalue weighted by Crippen LogP contribution is 2.29. The van der Waals surface area contributed by atoms with Gasteiger partial charge in [0.25, 0.3) is 0 Å². The second-order valence-corrected chi connectivity index (χ2v) is 5.73. The van der Waals surface area contributed by atoms with E-state index in [1.165, 1.54) is 0 Å². The average Bonchev–Trinajstić information content (AvgIpc) is 3.20. The molecule has 0 spiro atoms. The lowest BCUT2D eigenvalue weighted by Gasteiger charge is -2.13. The summed E-state index contributed by atoms with van der Waals surface area (Å²) in [5.74, 6) is 2.77. The maximum Gasteiger partial charge on any atom is 0.195 e. The molecule has 0 saturated heterocycles. The Hall–Kier alpha value is -2.75. The number of ether oxygens (including phenoxy) is 2. The maximum absolute atomic E-state index is 5.33. The summed E-state index contributed by atoms with van der Waals surface area (Å²) in [5, 5.41) is 6.46. The fourth-order valence-electron chi connectivity index (χ4n) is 2.61. The number of benzene rings is 2. The Morgan fingerprint density at radius 2 is 1.82 bits per heavy atom. The van der Waals surface area contributed by atoms with Gasteiger partial charge in [0.15, 0.2) is 17.5 Å². The van der Waals surface area contributed by atoms with Gasteiger partial charge in [0.1, 0.15) is 5.82 Å². The van der Waals surface area contributed by atoms with Crippen LogP contribution < -0.4 is 20.1 Å². The molecule has 8 heteroatoms. The highest BCUT2D eigenvalue weighted by Gasteiger charge is 2.07. The van der Waals surface area contributed by atoms with Gasteiger partial charge in [-0.25, -0.2) is 4.98 Å². The molecule has 3 rings (SSSR count). The molecule has 0 atom stereocenters. The van der Waals surface area contributed by atoms with Crippen molar-refractivity contribution >= 4 is 35.6 Å². The summed E-state index contributed by atoms with van der Waals surface area (Å²) < 4.78 is 10.6. The van der Waals surface area contributed by atoms with Gasteiger partial charge < -0.3 is 25.1 Å². The zero-order valence-electron chi connectivity index (χ0n) is 16.0. The summed E-state index contributed by atoms with van der Waals surface area (Å²) in [4.78, 5) is 12.0. The molecule has 0 radical (unpaired) electrons. The summed E-state index contributed by atoms with van der Waals surface area (Å²) in [6.07, 6.45) is 1.83. The maximum atomic E-state index is 5.33. The molecule has 3 aromatic rings. The van der Waals surface area contributed by atoms with Gasteiger partial charge in [0.05, 0.1) is 32.7 Å². The molecule has 0 amide bonds. The van der Waals surface area contributed by atoms with E-state index in [1.54, 1.807) is 21.3 Å². The standard InChI is InChI=1S/C20H23N5O2.HI/c1-21-20(24-15-9-10-17(26-2)18(11-15)27-3)23-13-19-22-12-16(25-19)14-7-5-4-6-8-14;/h4-12H,13H2,1-3H3,(H,22,25)(H2,21,23,24);1H. The molecule has 0 fully saturated rings. The topological polar surface area (TPSA) is 83.6 Å². The Balaban J connectivity index is 0.00000280. The summed E-state index contributed by atoms with van der Waals surface area (Å²) in [7, 11) is 4.93. The number of anilines is 1. The number of imidazole rings is 1. The summed E-state index contributed by atoms with van der Waals surface area (Å²) >= 11 is 0. The monoisotopic (exact) mass is 493 g/mol. The fraction of sp³-hybridized carbons (Fsp3) is 0.200. The largest absolute Gasteiger partial charge is 0.493 e. The van der Waals surface area contributed by atoms with Gasteiger partial charge in [0.2, 0.25) is 0 Å². The van der Waals surface area contributed by atoms with Gasteiger partial charge in [-0.2, -0.15) is 0 Å². The van der Waals surface area contributed by atoms with Crippen LogP contribution in [0.5, 0.6) is 11.5 Å². The van der Waals surface area contributed by atoms with Crippen LogP contribution in [0.1, 0.15) is 5.82 Å². The first-order valence-corrected chi connectivity index (χ1v) is 8.52. The third-order valence-corrected chi connectivity index (χ3v) is 4.01. The zero-order valence-corrected chi connectivity index (χ0v) is 18.4. The molecule has 7 nitrogen and oxygen atoms in total. The second kappa shape index (κ2) is 10.5. The number of aliphatic imine (C=N–C) groups is 1. The van der Waals surface area contributed by atoms with Gasteiger partial charge in [-0.1, -0.05) is 30.3 Å². The first kappa shape index (κ1) is 21.5. The molecule has 2 aromatic carbocycles. The molecule has 1 aromatic heterocycles. The van der Waals surface area contributed by atoms with Crippen LogP contribution in [0.3, 0.4) is 0 Å². The number of nitrogens with zero attached hydrogens (tertiary/aromatic N) is 2. The number of aromatic amines is 1. The van der Waals surface area contributed by atoms with Crippen molar-refractivity contribution in [2.45, 2.75) is 6.54 Å². The van der Waals surface area contributed by atoms with Crippen molar-refractivity contribution in [2.75, 3.05) is 26.6 Å². The third-order valence-electron chi connectivity index (χ3n) is 4.01. The minimum atomic E-state index is 0. The van der Waals surface area contributed by atoms with Crippen LogP contribution >= 0.6 is 24.0 Å². The molecule has 0 aliphatic rings. The highest BCUT2D eigenvalue weighted by atomic mass is 127. The number of hydrogen-bond acceptors (Lipinski definition) is 4. The normalized spacial score (nSPS) is 10.8. The SMILES string of the molecule is CN=C(NCc1ncc(-c2ccccc2)[nH]1)Nc1ccc(OC)c(OC)c1.I. The van der Waals surface area contributed by atoms with Crippen LogP contribution in [0.15, 0.2) is 59.7 Å². The van der Waals surface area contributed by atoms with Crippen molar-refractivity contribution in [3.63, 3.8) is 0 Å². The minimum Gasteiger partial charge on any atom is -0.493 e. The van der Waals surface area contributed by atoms with Gasteiger partial charge in [0, 0.05) is 18.8 Å². The van der Waals surface area contributed by atoms with Crippen LogP contribution in [0.4, 0.5) is 5.69 Å². The van der Waals surface area contributed by atoms with E-state index in [4.69, 9.17) is 9.47 Å². The van der Waals surface area contributed by atoms with Gasteiger partial charge >= 0.3 is 0 Å². The lowest BCUT2D eigenvalue weighted by Crippen LogP contribution is -2.30. The molecule has 148 valence electrons. The summed E-state index contributed by atoms with van der Waals surface area (Å²) in [6.45, 7) is 0.514. The number of hydrogen-bond donors (Lipinski definition) is 3. The van der Waals surface area contributed by atoms with E-state index in [1.807, 2.05) is 54.7 Å². The predicted octanol–water partition coefficient (Wildman–Crippen LogP) is 3.90. The van der Waals surface area contributed by atoms with Crippen LogP contribution in [-0.4, -0.2) is 37.2 Å². The van der Waals surface area contributed by atoms with E-state index in [-0.39, 0.29) is 24.0 Å². The lowest BCUT2D eigenvalue weighted by atomic mass is 10.2. The third kappa shape index (κ3) is 5.38. The molecule has 0 aliphatic heterocycles. The quantitative estimate of drug-likeness (QED) is 0.276. The molecule has 0 bridgehead atoms. The fourth-order valence-corrected chi connectivity index (χ4v) is 2.61. The smallest absolute Gasteiger partial charge is 0.195 e. The molecule has 1 heterocycles. The molecule has 28 heavy (non-hydrogen) atoms. The van der Waals surface area contributed by atoms with Gasteiger partial charge in [-0.3, -0.25) is 4.99 Å². The summed E-state index contributed by atoms with van der Waals surface area (Å²) in [6, 6.07) is 15.7. The summed E-state index contributed by atoms with van der Waals surface area (Å²) in [5.41, 5.74) is 2.92. The predicted molar refractivity (Wildman–Crippen MR) is 123 cm³/mol. The minimum absolute atomic E-state index is 0. The van der Waals surface area contributed by atoms with Crippen LogP contribution in [0.25, 0.3) is 11.3 Å². The van der Waals surface area contributed by atoms with E-state index in [2.05, 4.69) is 25.6 Å². The molecule has 0 aliphatic carbocycles. The van der Waals surface area contributed by atoms with Crippen LogP contribution in [0.2, 0.25) is 0 Å². The molecular formula is C20H24IN5O2. The van der Waals surface area contributed by atoms with Crippen molar-refractivity contribution in [1.29, 1.82) is 0 Å².